The molecule has 1 fully saturated rings. The molecular formula is C8H15NO. The van der Waals surface area contributed by atoms with Gasteiger partial charge in [0.05, 0.1) is 0 Å². The molecule has 0 bridgehead atoms. The lowest BCUT2D eigenvalue weighted by Crippen LogP contribution is -2.44. The zero-order valence-electron chi connectivity index (χ0n) is 6.98. The van der Waals surface area contributed by atoms with Crippen LogP contribution in [0.1, 0.15) is 20.3 Å². The van der Waals surface area contributed by atoms with Gasteiger partial charge in [0.2, 0.25) is 0 Å². The fraction of sp³-hybridized carbons (Fsp3) is 0.875. The number of hydrogen-bond acceptors (Lipinski definition) is 2. The molecule has 0 aromatic heterocycles. The smallest absolute Gasteiger partial charge is 0.141 e. The van der Waals surface area contributed by atoms with E-state index in [0.717, 1.165) is 19.5 Å². The molecule has 1 saturated heterocycles. The lowest BCUT2D eigenvalue weighted by Gasteiger charge is -2.34. The van der Waals surface area contributed by atoms with Crippen LogP contribution in [-0.4, -0.2) is 30.8 Å². The standard InChI is InChI=1S/C8H15NO/c1-8(2)6-9(3)5-4-7(8)10/h4-6H2,1-3H3. The Morgan fingerprint density at radius 1 is 1.50 bits per heavy atom. The molecule has 0 spiro atoms. The van der Waals surface area contributed by atoms with Gasteiger partial charge in [0, 0.05) is 24.9 Å². The number of carbonyl (C=O) groups excluding carboxylic acids is 1. The average Bonchev–Trinajstić information content (AvgIpc) is 1.78. The molecule has 1 rings (SSSR count). The van der Waals surface area contributed by atoms with Gasteiger partial charge in [-0.1, -0.05) is 13.8 Å². The van der Waals surface area contributed by atoms with Crippen molar-refractivity contribution in [1.29, 1.82) is 0 Å². The fourth-order valence-corrected chi connectivity index (χ4v) is 1.47. The minimum atomic E-state index is -0.104. The van der Waals surface area contributed by atoms with Crippen molar-refractivity contribution in [2.24, 2.45) is 5.41 Å². The van der Waals surface area contributed by atoms with Crippen LogP contribution >= 0.6 is 0 Å². The van der Waals surface area contributed by atoms with Crippen molar-refractivity contribution in [3.63, 3.8) is 0 Å². The minimum absolute atomic E-state index is 0.104. The third-order valence-electron chi connectivity index (χ3n) is 2.14. The van der Waals surface area contributed by atoms with Crippen LogP contribution < -0.4 is 0 Å². The Balaban J connectivity index is 2.63. The van der Waals surface area contributed by atoms with E-state index in [1.54, 1.807) is 0 Å². The van der Waals surface area contributed by atoms with Crippen molar-refractivity contribution in [3.05, 3.63) is 0 Å². The summed E-state index contributed by atoms with van der Waals surface area (Å²) in [4.78, 5) is 13.4. The first-order valence-corrected chi connectivity index (χ1v) is 3.74. The summed E-state index contributed by atoms with van der Waals surface area (Å²) in [6.07, 6.45) is 0.726. The highest BCUT2D eigenvalue weighted by Crippen LogP contribution is 2.23. The second-order valence-corrected chi connectivity index (χ2v) is 3.79. The molecule has 1 aliphatic rings. The third-order valence-corrected chi connectivity index (χ3v) is 2.14. The number of hydrogen-bond donors (Lipinski definition) is 0. The van der Waals surface area contributed by atoms with Crippen LogP contribution in [0, 0.1) is 5.41 Å². The molecule has 10 heavy (non-hydrogen) atoms. The van der Waals surface area contributed by atoms with Crippen molar-refractivity contribution in [2.45, 2.75) is 20.3 Å². The van der Waals surface area contributed by atoms with E-state index in [0.29, 0.717) is 5.78 Å². The summed E-state index contributed by atoms with van der Waals surface area (Å²) in [6.45, 7) is 5.88. The Hall–Kier alpha value is -0.370. The Morgan fingerprint density at radius 2 is 2.10 bits per heavy atom. The van der Waals surface area contributed by atoms with Gasteiger partial charge in [-0.05, 0) is 7.05 Å². The van der Waals surface area contributed by atoms with Crippen molar-refractivity contribution in [2.75, 3.05) is 20.1 Å². The van der Waals surface area contributed by atoms with E-state index < -0.39 is 0 Å². The van der Waals surface area contributed by atoms with E-state index in [-0.39, 0.29) is 5.41 Å². The van der Waals surface area contributed by atoms with Gasteiger partial charge in [0.25, 0.3) is 0 Å². The zero-order valence-corrected chi connectivity index (χ0v) is 6.98. The molecule has 1 heterocycles. The van der Waals surface area contributed by atoms with Crippen molar-refractivity contribution < 1.29 is 4.79 Å². The minimum Gasteiger partial charge on any atom is -0.305 e. The van der Waals surface area contributed by atoms with Crippen molar-refractivity contribution >= 4 is 5.78 Å². The molecule has 1 aliphatic heterocycles. The zero-order chi connectivity index (χ0) is 7.78. The van der Waals surface area contributed by atoms with E-state index in [4.69, 9.17) is 0 Å². The van der Waals surface area contributed by atoms with Gasteiger partial charge in [-0.2, -0.15) is 0 Å². The summed E-state index contributed by atoms with van der Waals surface area (Å²) >= 11 is 0. The summed E-state index contributed by atoms with van der Waals surface area (Å²) in [5.41, 5.74) is -0.104. The number of ketones is 1. The largest absolute Gasteiger partial charge is 0.305 e. The van der Waals surface area contributed by atoms with Gasteiger partial charge in [-0.15, -0.1) is 0 Å². The number of piperidine rings is 1. The molecule has 2 heteroatoms. The van der Waals surface area contributed by atoms with Crippen LogP contribution in [0.4, 0.5) is 0 Å². The number of Topliss-reactive ketones (excluding diaryl/α,β-unsaturated/α-hetero) is 1. The maximum absolute atomic E-state index is 11.2. The van der Waals surface area contributed by atoms with E-state index >= 15 is 0 Å². The summed E-state index contributed by atoms with van der Waals surface area (Å²) in [5, 5.41) is 0. The Morgan fingerprint density at radius 3 is 2.50 bits per heavy atom. The molecule has 0 aromatic rings. The van der Waals surface area contributed by atoms with Crippen LogP contribution in [0.3, 0.4) is 0 Å². The summed E-state index contributed by atoms with van der Waals surface area (Å²) < 4.78 is 0. The molecule has 0 aromatic carbocycles. The Labute approximate surface area is 62.2 Å². The van der Waals surface area contributed by atoms with Crippen LogP contribution in [-0.2, 0) is 4.79 Å². The molecule has 0 atom stereocenters. The highest BCUT2D eigenvalue weighted by atomic mass is 16.1. The molecule has 0 radical (unpaired) electrons. The van der Waals surface area contributed by atoms with Crippen LogP contribution in [0.5, 0.6) is 0 Å². The topological polar surface area (TPSA) is 20.3 Å². The average molecular weight is 141 g/mol. The first kappa shape index (κ1) is 7.73. The molecule has 0 saturated carbocycles. The number of likely N-dealkylation sites (tertiary alicyclic amines) is 1. The first-order valence-electron chi connectivity index (χ1n) is 3.74. The lowest BCUT2D eigenvalue weighted by molar-refractivity contribution is -0.131. The summed E-state index contributed by atoms with van der Waals surface area (Å²) in [7, 11) is 2.06. The Bertz CT molecular complexity index is 151. The molecule has 0 N–H and O–H groups in total. The maximum atomic E-state index is 11.2. The molecule has 58 valence electrons. The van der Waals surface area contributed by atoms with Gasteiger partial charge >= 0.3 is 0 Å². The van der Waals surface area contributed by atoms with E-state index in [2.05, 4.69) is 11.9 Å². The molecule has 0 aliphatic carbocycles. The van der Waals surface area contributed by atoms with Gasteiger partial charge in [0.1, 0.15) is 5.78 Å². The van der Waals surface area contributed by atoms with Crippen LogP contribution in [0.2, 0.25) is 0 Å². The van der Waals surface area contributed by atoms with Gasteiger partial charge in [-0.3, -0.25) is 4.79 Å². The van der Waals surface area contributed by atoms with Gasteiger partial charge in [0.15, 0.2) is 0 Å². The maximum Gasteiger partial charge on any atom is 0.141 e. The molecule has 2 nitrogen and oxygen atoms in total. The molecular weight excluding hydrogens is 126 g/mol. The lowest BCUT2D eigenvalue weighted by atomic mass is 9.83. The molecule has 0 unspecified atom stereocenters. The van der Waals surface area contributed by atoms with Gasteiger partial charge in [-0.25, -0.2) is 0 Å². The quantitative estimate of drug-likeness (QED) is 0.500. The second kappa shape index (κ2) is 2.35. The SMILES string of the molecule is CN1CCC(=O)C(C)(C)C1. The van der Waals surface area contributed by atoms with E-state index in [1.165, 1.54) is 0 Å². The summed E-state index contributed by atoms with van der Waals surface area (Å²) in [6, 6.07) is 0. The van der Waals surface area contributed by atoms with E-state index in [1.807, 2.05) is 13.8 Å². The highest BCUT2D eigenvalue weighted by molar-refractivity contribution is 5.85. The predicted molar refractivity (Wildman–Crippen MR) is 40.9 cm³/mol. The highest BCUT2D eigenvalue weighted by Gasteiger charge is 2.32. The third kappa shape index (κ3) is 1.37. The first-order chi connectivity index (χ1) is 4.52. The fourth-order valence-electron chi connectivity index (χ4n) is 1.47. The van der Waals surface area contributed by atoms with E-state index in [9.17, 15) is 4.79 Å². The number of rotatable bonds is 0. The van der Waals surface area contributed by atoms with Crippen molar-refractivity contribution in [1.82, 2.24) is 4.90 Å². The van der Waals surface area contributed by atoms with Crippen molar-refractivity contribution in [3.8, 4) is 0 Å². The summed E-state index contributed by atoms with van der Waals surface area (Å²) in [5.74, 6) is 0.408. The van der Waals surface area contributed by atoms with Crippen LogP contribution in [0.15, 0.2) is 0 Å². The van der Waals surface area contributed by atoms with Gasteiger partial charge < -0.3 is 4.90 Å². The Kier molecular flexibility index (Phi) is 1.82. The molecule has 0 amide bonds. The second-order valence-electron chi connectivity index (χ2n) is 3.79. The number of nitrogens with zero attached hydrogens (tertiary/aromatic N) is 1. The normalized spacial score (nSPS) is 26.9. The number of carbonyl (C=O) groups is 1. The van der Waals surface area contributed by atoms with Crippen LogP contribution in [0.25, 0.3) is 0 Å². The predicted octanol–water partition coefficient (Wildman–Crippen LogP) is 0.917. The monoisotopic (exact) mass is 141 g/mol.